The Balaban J connectivity index is 2.28. The fraction of sp³-hybridized carbons (Fsp3) is 0.556. The molecule has 4 heteroatoms. The molecule has 22 heavy (non-hydrogen) atoms. The number of hydrogen-bond acceptors (Lipinski definition) is 2. The quantitative estimate of drug-likeness (QED) is 0.649. The van der Waals surface area contributed by atoms with Crippen LogP contribution < -0.4 is 0 Å². The van der Waals surface area contributed by atoms with E-state index in [4.69, 9.17) is 0 Å². The van der Waals surface area contributed by atoms with Crippen molar-refractivity contribution in [1.82, 2.24) is 4.90 Å². The Bertz CT molecular complexity index is 549. The van der Waals surface area contributed by atoms with Crippen molar-refractivity contribution < 1.29 is 8.78 Å². The standard InChI is InChI=1S/C18H25F2NS/c1-5-7-16(15-8-6-11-21(15)4)22-17-12-14(18(3,19)20)10-9-13(17)2/h7,9-10,12,15H,5-6,8,11H2,1-4H3/b16-7+. The number of hydrogen-bond donors (Lipinski definition) is 0. The predicted molar refractivity (Wildman–Crippen MR) is 90.6 cm³/mol. The van der Waals surface area contributed by atoms with Gasteiger partial charge in [0, 0.05) is 28.3 Å². The average Bonchev–Trinajstić information content (AvgIpc) is 2.85. The summed E-state index contributed by atoms with van der Waals surface area (Å²) in [6.07, 6.45) is 5.57. The van der Waals surface area contributed by atoms with Crippen LogP contribution in [0.1, 0.15) is 44.2 Å². The van der Waals surface area contributed by atoms with Gasteiger partial charge in [0.05, 0.1) is 0 Å². The van der Waals surface area contributed by atoms with Crippen molar-refractivity contribution >= 4 is 11.8 Å². The largest absolute Gasteiger partial charge is 0.299 e. The van der Waals surface area contributed by atoms with Crippen LogP contribution >= 0.6 is 11.8 Å². The Hall–Kier alpha value is -0.870. The number of benzene rings is 1. The van der Waals surface area contributed by atoms with E-state index in [2.05, 4.69) is 24.9 Å². The van der Waals surface area contributed by atoms with Crippen molar-refractivity contribution in [3.05, 3.63) is 40.3 Å². The summed E-state index contributed by atoms with van der Waals surface area (Å²) in [6, 6.07) is 5.41. The first-order chi connectivity index (χ1) is 10.3. The smallest absolute Gasteiger partial charge is 0.270 e. The Labute approximate surface area is 136 Å². The van der Waals surface area contributed by atoms with Crippen LogP contribution in [0.25, 0.3) is 0 Å². The van der Waals surface area contributed by atoms with Crippen LogP contribution in [-0.2, 0) is 5.92 Å². The molecule has 0 radical (unpaired) electrons. The third-order valence-corrected chi connectivity index (χ3v) is 5.51. The maximum absolute atomic E-state index is 13.6. The van der Waals surface area contributed by atoms with Crippen LogP contribution in [0.2, 0.25) is 0 Å². The Morgan fingerprint density at radius 2 is 2.18 bits per heavy atom. The zero-order chi connectivity index (χ0) is 16.3. The zero-order valence-corrected chi connectivity index (χ0v) is 14.6. The van der Waals surface area contributed by atoms with Crippen molar-refractivity contribution in [3.8, 4) is 0 Å². The molecule has 1 aromatic rings. The van der Waals surface area contributed by atoms with Gasteiger partial charge in [-0.1, -0.05) is 36.9 Å². The molecule has 0 aliphatic carbocycles. The number of likely N-dealkylation sites (tertiary alicyclic amines) is 1. The topological polar surface area (TPSA) is 3.24 Å². The number of nitrogens with zero attached hydrogens (tertiary/aromatic N) is 1. The van der Waals surface area contributed by atoms with E-state index in [1.54, 1.807) is 23.9 Å². The fourth-order valence-corrected chi connectivity index (χ4v) is 4.18. The second-order valence-corrected chi connectivity index (χ2v) is 7.24. The molecule has 0 bridgehead atoms. The lowest BCUT2D eigenvalue weighted by Gasteiger charge is -2.23. The van der Waals surface area contributed by atoms with Gasteiger partial charge < -0.3 is 0 Å². The zero-order valence-electron chi connectivity index (χ0n) is 13.8. The lowest BCUT2D eigenvalue weighted by atomic mass is 10.1. The summed E-state index contributed by atoms with van der Waals surface area (Å²) < 4.78 is 27.2. The maximum atomic E-state index is 13.6. The highest BCUT2D eigenvalue weighted by atomic mass is 32.2. The molecule has 0 N–H and O–H groups in total. The number of thioether (sulfide) groups is 1. The van der Waals surface area contributed by atoms with Crippen molar-refractivity contribution in [2.45, 2.75) is 56.9 Å². The molecule has 2 rings (SSSR count). The average molecular weight is 325 g/mol. The van der Waals surface area contributed by atoms with E-state index in [0.717, 1.165) is 36.8 Å². The molecule has 1 nitrogen and oxygen atoms in total. The summed E-state index contributed by atoms with van der Waals surface area (Å²) in [4.78, 5) is 4.60. The first kappa shape index (κ1) is 17.5. The molecule has 0 saturated carbocycles. The highest BCUT2D eigenvalue weighted by Gasteiger charge is 2.27. The Kier molecular flexibility index (Phi) is 5.67. The van der Waals surface area contributed by atoms with Crippen molar-refractivity contribution in [1.29, 1.82) is 0 Å². The van der Waals surface area contributed by atoms with E-state index >= 15 is 0 Å². The number of halogens is 2. The highest BCUT2D eigenvalue weighted by Crippen LogP contribution is 2.39. The number of alkyl halides is 2. The summed E-state index contributed by atoms with van der Waals surface area (Å²) in [6.45, 7) is 6.18. The van der Waals surface area contributed by atoms with Crippen LogP contribution in [0, 0.1) is 6.92 Å². The molecule has 1 aliphatic rings. The van der Waals surface area contributed by atoms with Gasteiger partial charge in [0.2, 0.25) is 0 Å². The number of rotatable bonds is 5. The van der Waals surface area contributed by atoms with E-state index < -0.39 is 5.92 Å². The molecule has 1 aliphatic heterocycles. The molecule has 0 spiro atoms. The van der Waals surface area contributed by atoms with E-state index in [0.29, 0.717) is 6.04 Å². The first-order valence-electron chi connectivity index (χ1n) is 7.90. The van der Waals surface area contributed by atoms with E-state index in [1.165, 1.54) is 17.4 Å². The lowest BCUT2D eigenvalue weighted by Crippen LogP contribution is -2.25. The number of allylic oxidation sites excluding steroid dienone is 1. The third kappa shape index (κ3) is 4.11. The molecule has 1 fully saturated rings. The monoisotopic (exact) mass is 325 g/mol. The lowest BCUT2D eigenvalue weighted by molar-refractivity contribution is 0.0172. The van der Waals surface area contributed by atoms with Gasteiger partial charge in [-0.2, -0.15) is 0 Å². The summed E-state index contributed by atoms with van der Waals surface area (Å²) in [7, 11) is 2.14. The van der Waals surface area contributed by atoms with Gasteiger partial charge in [0.1, 0.15) is 0 Å². The Morgan fingerprint density at radius 1 is 1.45 bits per heavy atom. The molecule has 1 aromatic carbocycles. The third-order valence-electron chi connectivity index (χ3n) is 4.18. The minimum absolute atomic E-state index is 0.0937. The minimum atomic E-state index is -2.79. The number of aryl methyl sites for hydroxylation is 1. The van der Waals surface area contributed by atoms with E-state index in [9.17, 15) is 8.78 Å². The van der Waals surface area contributed by atoms with Gasteiger partial charge in [-0.05, 0) is 51.4 Å². The molecule has 1 atom stereocenters. The Morgan fingerprint density at radius 3 is 2.73 bits per heavy atom. The van der Waals surface area contributed by atoms with Gasteiger partial charge in [0.15, 0.2) is 0 Å². The van der Waals surface area contributed by atoms with Gasteiger partial charge in [0.25, 0.3) is 5.92 Å². The van der Waals surface area contributed by atoms with E-state index in [1.807, 2.05) is 6.92 Å². The summed E-state index contributed by atoms with van der Waals surface area (Å²) in [5, 5.41) is 0. The molecule has 0 amide bonds. The molecule has 1 unspecified atom stereocenters. The van der Waals surface area contributed by atoms with Gasteiger partial charge >= 0.3 is 0 Å². The van der Waals surface area contributed by atoms with Crippen LogP contribution in [0.15, 0.2) is 34.1 Å². The van der Waals surface area contributed by atoms with E-state index in [-0.39, 0.29) is 5.56 Å². The number of likely N-dealkylation sites (N-methyl/N-ethyl adjacent to an activating group) is 1. The van der Waals surface area contributed by atoms with Crippen LogP contribution in [0.4, 0.5) is 8.78 Å². The summed E-state index contributed by atoms with van der Waals surface area (Å²) >= 11 is 1.66. The highest BCUT2D eigenvalue weighted by molar-refractivity contribution is 8.03. The molecule has 0 aromatic heterocycles. The second-order valence-electron chi connectivity index (χ2n) is 6.12. The van der Waals surface area contributed by atoms with Crippen molar-refractivity contribution in [2.24, 2.45) is 0 Å². The van der Waals surface area contributed by atoms with Crippen LogP contribution in [0.3, 0.4) is 0 Å². The van der Waals surface area contributed by atoms with Crippen molar-refractivity contribution in [3.63, 3.8) is 0 Å². The second kappa shape index (κ2) is 7.14. The maximum Gasteiger partial charge on any atom is 0.270 e. The SMILES string of the molecule is CC/C=C(/Sc1cc(C(C)(F)F)ccc1C)C1CCCN1C. The summed E-state index contributed by atoms with van der Waals surface area (Å²) in [5.41, 5.74) is 1.15. The molecule has 122 valence electrons. The fourth-order valence-electron chi connectivity index (χ4n) is 2.83. The molecular weight excluding hydrogens is 300 g/mol. The normalized spacial score (nSPS) is 20.6. The molecule has 1 saturated heterocycles. The van der Waals surface area contributed by atoms with Crippen LogP contribution in [-0.4, -0.2) is 24.5 Å². The summed E-state index contributed by atoms with van der Waals surface area (Å²) in [5.74, 6) is -2.79. The van der Waals surface area contributed by atoms with Crippen LogP contribution in [0.5, 0.6) is 0 Å². The van der Waals surface area contributed by atoms with Gasteiger partial charge in [-0.25, -0.2) is 8.78 Å². The van der Waals surface area contributed by atoms with Gasteiger partial charge in [-0.3, -0.25) is 4.90 Å². The molecule has 1 heterocycles. The minimum Gasteiger partial charge on any atom is -0.299 e. The van der Waals surface area contributed by atoms with Gasteiger partial charge in [-0.15, -0.1) is 0 Å². The molecular formula is C18H25F2NS. The first-order valence-corrected chi connectivity index (χ1v) is 8.71. The van der Waals surface area contributed by atoms with Crippen molar-refractivity contribution in [2.75, 3.05) is 13.6 Å². The predicted octanol–water partition coefficient (Wildman–Crippen LogP) is 5.59.